The summed E-state index contributed by atoms with van der Waals surface area (Å²) in [5.41, 5.74) is -0.331. The number of halogens is 2. The van der Waals surface area contributed by atoms with Crippen LogP contribution in [0.25, 0.3) is 17.2 Å². The van der Waals surface area contributed by atoms with E-state index in [1.165, 1.54) is 39.6 Å². The smallest absolute Gasteiger partial charge is 0.213 e. The molecule has 0 spiro atoms. The maximum Gasteiger partial charge on any atom is 0.213 e. The maximum absolute atomic E-state index is 14.9. The molecule has 4 rings (SSSR count). The summed E-state index contributed by atoms with van der Waals surface area (Å²) in [6.07, 6.45) is 2.90. The van der Waals surface area contributed by atoms with Crippen LogP contribution in [0, 0.1) is 11.6 Å². The highest BCUT2D eigenvalue weighted by Gasteiger charge is 2.33. The predicted octanol–water partition coefficient (Wildman–Crippen LogP) is 3.52. The Hall–Kier alpha value is -4.00. The fraction of sp³-hybridized carbons (Fsp3) is 0.292. The van der Waals surface area contributed by atoms with E-state index in [4.69, 9.17) is 9.47 Å². The van der Waals surface area contributed by atoms with Crippen molar-refractivity contribution in [3.8, 4) is 28.8 Å². The molecule has 13 heteroatoms. The fourth-order valence-corrected chi connectivity index (χ4v) is 5.22. The van der Waals surface area contributed by atoms with E-state index in [1.54, 1.807) is 25.1 Å². The van der Waals surface area contributed by atoms with Crippen LogP contribution >= 0.6 is 0 Å². The summed E-state index contributed by atoms with van der Waals surface area (Å²) in [6.45, 7) is 3.19. The van der Waals surface area contributed by atoms with E-state index in [-0.39, 0.29) is 23.2 Å². The zero-order valence-electron chi connectivity index (χ0n) is 20.5. The number of rotatable bonds is 9. The molecule has 0 saturated carbocycles. The monoisotopic (exact) mass is 530 g/mol. The minimum atomic E-state index is -3.94. The van der Waals surface area contributed by atoms with E-state index in [1.807, 2.05) is 0 Å². The van der Waals surface area contributed by atoms with E-state index < -0.39 is 44.1 Å². The number of methoxy groups -OCH3 is 2. The first-order valence-corrected chi connectivity index (χ1v) is 12.9. The first-order valence-electron chi connectivity index (χ1n) is 11.1. The Bertz CT molecular complexity index is 1490. The lowest BCUT2D eigenvalue weighted by molar-refractivity contribution is 0.398. The lowest BCUT2D eigenvalue weighted by atomic mass is 10.1. The maximum atomic E-state index is 14.9. The molecule has 4 aromatic rings. The van der Waals surface area contributed by atoms with Gasteiger partial charge in [-0.2, -0.15) is 0 Å². The Balaban J connectivity index is 1.77. The third-order valence-corrected chi connectivity index (χ3v) is 8.15. The summed E-state index contributed by atoms with van der Waals surface area (Å²) in [6, 6.07) is 8.08. The first-order chi connectivity index (χ1) is 17.7. The molecule has 3 heterocycles. The number of pyridine rings is 1. The van der Waals surface area contributed by atoms with E-state index in [9.17, 15) is 17.2 Å². The Morgan fingerprint density at radius 1 is 0.946 bits per heavy atom. The van der Waals surface area contributed by atoms with E-state index in [2.05, 4.69) is 25.1 Å². The van der Waals surface area contributed by atoms with E-state index in [0.29, 0.717) is 11.6 Å². The topological polar surface area (TPSA) is 122 Å². The van der Waals surface area contributed by atoms with Gasteiger partial charge in [0.05, 0.1) is 31.9 Å². The van der Waals surface area contributed by atoms with Gasteiger partial charge < -0.3 is 9.47 Å². The van der Waals surface area contributed by atoms with Crippen LogP contribution in [0.5, 0.6) is 11.6 Å². The number of nitrogens with zero attached hydrogens (tertiary/aromatic N) is 6. The highest BCUT2D eigenvalue weighted by molar-refractivity contribution is 7.91. The van der Waals surface area contributed by atoms with Crippen molar-refractivity contribution < 1.29 is 26.7 Å². The number of para-hydroxylation sites is 1. The summed E-state index contributed by atoms with van der Waals surface area (Å²) in [5.74, 6) is -2.35. The van der Waals surface area contributed by atoms with Crippen molar-refractivity contribution >= 4 is 9.84 Å². The summed E-state index contributed by atoms with van der Waals surface area (Å²) < 4.78 is 67.9. The van der Waals surface area contributed by atoms with Crippen molar-refractivity contribution in [2.75, 3.05) is 14.2 Å². The molecule has 3 aromatic heterocycles. The molecular weight excluding hydrogens is 506 g/mol. The van der Waals surface area contributed by atoms with Crippen LogP contribution in [0.4, 0.5) is 8.78 Å². The van der Waals surface area contributed by atoms with E-state index >= 15 is 0 Å². The Morgan fingerprint density at radius 2 is 1.59 bits per heavy atom. The lowest BCUT2D eigenvalue weighted by Crippen LogP contribution is -2.27. The highest BCUT2D eigenvalue weighted by atomic mass is 32.2. The Kier molecular flexibility index (Phi) is 7.43. The number of hydrogen-bond donors (Lipinski definition) is 0. The van der Waals surface area contributed by atoms with Gasteiger partial charge in [-0.3, -0.25) is 4.57 Å². The molecule has 0 N–H and O–H groups in total. The molecule has 2 atom stereocenters. The van der Waals surface area contributed by atoms with Crippen molar-refractivity contribution in [2.45, 2.75) is 30.8 Å². The molecule has 0 amide bonds. The van der Waals surface area contributed by atoms with Gasteiger partial charge in [0.2, 0.25) is 5.88 Å². The van der Waals surface area contributed by atoms with Crippen LogP contribution in [0.15, 0.2) is 48.8 Å². The van der Waals surface area contributed by atoms with Gasteiger partial charge in [0.1, 0.15) is 34.6 Å². The summed E-state index contributed by atoms with van der Waals surface area (Å²) in [4.78, 5) is 12.6. The third kappa shape index (κ3) is 5.26. The van der Waals surface area contributed by atoms with Crippen LogP contribution in [-0.4, -0.2) is 57.6 Å². The summed E-state index contributed by atoms with van der Waals surface area (Å²) in [5, 5.41) is 7.08. The Labute approximate surface area is 212 Å². The van der Waals surface area contributed by atoms with Crippen LogP contribution < -0.4 is 9.47 Å². The second-order valence-corrected chi connectivity index (χ2v) is 10.6. The molecule has 37 heavy (non-hydrogen) atoms. The molecule has 0 fully saturated rings. The van der Waals surface area contributed by atoms with Crippen LogP contribution in [0.1, 0.15) is 31.4 Å². The largest absolute Gasteiger partial charge is 0.494 e. The molecule has 10 nitrogen and oxygen atoms in total. The fourth-order valence-electron chi connectivity index (χ4n) is 3.67. The van der Waals surface area contributed by atoms with E-state index in [0.717, 1.165) is 16.7 Å². The van der Waals surface area contributed by atoms with Crippen LogP contribution in [0.2, 0.25) is 0 Å². The van der Waals surface area contributed by atoms with Crippen molar-refractivity contribution in [3.63, 3.8) is 0 Å². The first kappa shape index (κ1) is 26.1. The van der Waals surface area contributed by atoms with Gasteiger partial charge >= 0.3 is 0 Å². The summed E-state index contributed by atoms with van der Waals surface area (Å²) >= 11 is 0. The van der Waals surface area contributed by atoms with Crippen molar-refractivity contribution in [3.05, 3.63) is 72.1 Å². The van der Waals surface area contributed by atoms with Crippen LogP contribution in [0.3, 0.4) is 0 Å². The van der Waals surface area contributed by atoms with Gasteiger partial charge in [0.15, 0.2) is 27.2 Å². The number of benzene rings is 1. The van der Waals surface area contributed by atoms with Gasteiger partial charge in [-0.1, -0.05) is 19.1 Å². The average molecular weight is 531 g/mol. The van der Waals surface area contributed by atoms with Crippen LogP contribution in [-0.2, 0) is 15.6 Å². The SMILES string of the molecule is COc1cnc([C@@H](C)[C@H](C)S(=O)(=O)Cc2nnc(-c3cccc(OC)n3)n2-c2c(F)cccc2F)nc1. The van der Waals surface area contributed by atoms with Crippen molar-refractivity contribution in [1.82, 2.24) is 29.7 Å². The second kappa shape index (κ2) is 10.5. The molecule has 0 bridgehead atoms. The van der Waals surface area contributed by atoms with Gasteiger partial charge in [-0.25, -0.2) is 32.2 Å². The molecule has 1 aromatic carbocycles. The molecule has 0 aliphatic heterocycles. The molecule has 0 aliphatic carbocycles. The normalized spacial score (nSPS) is 13.2. The molecule has 0 unspecified atom stereocenters. The minimum absolute atomic E-state index is 0.0488. The third-order valence-electron chi connectivity index (χ3n) is 5.94. The Morgan fingerprint density at radius 3 is 2.22 bits per heavy atom. The average Bonchev–Trinajstić information content (AvgIpc) is 3.30. The number of sulfone groups is 1. The van der Waals surface area contributed by atoms with Gasteiger partial charge in [-0.05, 0) is 25.1 Å². The van der Waals surface area contributed by atoms with Crippen molar-refractivity contribution in [2.24, 2.45) is 0 Å². The lowest BCUT2D eigenvalue weighted by Gasteiger charge is -2.19. The molecule has 0 aliphatic rings. The minimum Gasteiger partial charge on any atom is -0.494 e. The van der Waals surface area contributed by atoms with Crippen molar-refractivity contribution in [1.29, 1.82) is 0 Å². The van der Waals surface area contributed by atoms with Gasteiger partial charge in [0, 0.05) is 12.0 Å². The second-order valence-electron chi connectivity index (χ2n) is 8.19. The van der Waals surface area contributed by atoms with Gasteiger partial charge in [0.25, 0.3) is 0 Å². The molecule has 0 saturated heterocycles. The zero-order valence-corrected chi connectivity index (χ0v) is 21.3. The zero-order chi connectivity index (χ0) is 26.7. The summed E-state index contributed by atoms with van der Waals surface area (Å²) in [7, 11) is -1.05. The molecule has 194 valence electrons. The van der Waals surface area contributed by atoms with Gasteiger partial charge in [-0.15, -0.1) is 10.2 Å². The standard InChI is InChI=1S/C24H24F2N6O4S/c1-14(23-27-11-16(35-3)12-28-23)15(2)37(33,34)13-20-30-31-24(19-9-6-10-21(29-19)36-4)32(20)22-17(25)7-5-8-18(22)26/h5-12,14-15H,13H2,1-4H3/t14-,15-/m0/s1. The quantitative estimate of drug-likeness (QED) is 0.320. The molecule has 0 radical (unpaired) electrons. The predicted molar refractivity (Wildman–Crippen MR) is 130 cm³/mol. The number of hydrogen-bond acceptors (Lipinski definition) is 9. The molecular formula is C24H24F2N6O4S. The number of ether oxygens (including phenoxy) is 2. The number of aromatic nitrogens is 6. The highest BCUT2D eigenvalue weighted by Crippen LogP contribution is 2.30.